The Balaban J connectivity index is 1.21. The number of piperidine rings is 1. The highest BCUT2D eigenvalue weighted by molar-refractivity contribution is 8.77. The second kappa shape index (κ2) is 10.2. The van der Waals surface area contributed by atoms with E-state index in [9.17, 15) is 4.79 Å². The van der Waals surface area contributed by atoms with Crippen LogP contribution in [-0.4, -0.2) is 45.0 Å². The van der Waals surface area contributed by atoms with Gasteiger partial charge in [-0.05, 0) is 49.5 Å². The highest BCUT2D eigenvalue weighted by Crippen LogP contribution is 2.39. The average Bonchev–Trinajstić information content (AvgIpc) is 3.47. The molecule has 0 saturated carbocycles. The molecule has 5 nitrogen and oxygen atoms in total. The molecular formula is C20H27N3O2S3. The van der Waals surface area contributed by atoms with Crippen LogP contribution in [0, 0.1) is 5.92 Å². The molecule has 152 valence electrons. The van der Waals surface area contributed by atoms with Crippen molar-refractivity contribution in [2.45, 2.75) is 56.6 Å². The van der Waals surface area contributed by atoms with Crippen LogP contribution in [0.5, 0.6) is 0 Å². The lowest BCUT2D eigenvalue weighted by Crippen LogP contribution is -2.40. The molecule has 2 fully saturated rings. The number of hydrogen-bond donors (Lipinski definition) is 0. The Kier molecular flexibility index (Phi) is 7.36. The minimum atomic E-state index is 0.322. The fourth-order valence-electron chi connectivity index (χ4n) is 3.92. The van der Waals surface area contributed by atoms with Gasteiger partial charge in [-0.3, -0.25) is 4.79 Å². The third kappa shape index (κ3) is 5.54. The molecule has 0 unspecified atom stereocenters. The van der Waals surface area contributed by atoms with Gasteiger partial charge in [-0.25, -0.2) is 0 Å². The third-order valence-electron chi connectivity index (χ3n) is 5.48. The van der Waals surface area contributed by atoms with Crippen LogP contribution in [-0.2, 0) is 11.2 Å². The van der Waals surface area contributed by atoms with Gasteiger partial charge in [-0.1, -0.05) is 33.2 Å². The van der Waals surface area contributed by atoms with E-state index in [1.807, 2.05) is 38.4 Å². The molecule has 0 N–H and O–H groups in total. The summed E-state index contributed by atoms with van der Waals surface area (Å²) in [7, 11) is 4.03. The number of amides is 1. The fourth-order valence-corrected chi connectivity index (χ4v) is 7.58. The van der Waals surface area contributed by atoms with Crippen LogP contribution in [0.3, 0.4) is 0 Å². The molecule has 28 heavy (non-hydrogen) atoms. The monoisotopic (exact) mass is 437 g/mol. The molecule has 4 rings (SSSR count). The molecule has 0 spiro atoms. The first-order valence-corrected chi connectivity index (χ1v) is 13.5. The Morgan fingerprint density at radius 1 is 1.32 bits per heavy atom. The zero-order valence-electron chi connectivity index (χ0n) is 16.0. The lowest BCUT2D eigenvalue weighted by atomic mass is 9.94. The number of aromatic nitrogens is 2. The van der Waals surface area contributed by atoms with E-state index in [2.05, 4.69) is 15.0 Å². The maximum Gasteiger partial charge on any atom is 0.227 e. The van der Waals surface area contributed by atoms with E-state index in [4.69, 9.17) is 4.52 Å². The van der Waals surface area contributed by atoms with Gasteiger partial charge < -0.3 is 9.42 Å². The summed E-state index contributed by atoms with van der Waals surface area (Å²) in [5, 5.41) is 8.95. The minimum absolute atomic E-state index is 0.322. The summed E-state index contributed by atoms with van der Waals surface area (Å²) in [5.41, 5.74) is 1.01. The van der Waals surface area contributed by atoms with Crippen LogP contribution in [0.15, 0.2) is 21.3 Å². The van der Waals surface area contributed by atoms with E-state index >= 15 is 0 Å². The highest BCUT2D eigenvalue weighted by atomic mass is 33.1. The Morgan fingerprint density at radius 3 is 3.11 bits per heavy atom. The predicted octanol–water partition coefficient (Wildman–Crippen LogP) is 5.29. The second-order valence-corrected chi connectivity index (χ2v) is 11.2. The Labute approximate surface area is 178 Å². The number of rotatable bonds is 8. The molecule has 2 atom stereocenters. The van der Waals surface area contributed by atoms with Crippen molar-refractivity contribution in [3.63, 3.8) is 0 Å². The number of nitrogens with zero attached hydrogens (tertiary/aromatic N) is 3. The maximum atomic E-state index is 12.6. The van der Waals surface area contributed by atoms with Crippen molar-refractivity contribution < 1.29 is 9.32 Å². The summed E-state index contributed by atoms with van der Waals surface area (Å²) < 4.78 is 5.45. The minimum Gasteiger partial charge on any atom is -0.342 e. The van der Waals surface area contributed by atoms with Crippen LogP contribution in [0.2, 0.25) is 0 Å². The number of carbonyl (C=O) groups is 1. The zero-order chi connectivity index (χ0) is 19.2. The molecule has 0 radical (unpaired) electrons. The highest BCUT2D eigenvalue weighted by Gasteiger charge is 2.25. The summed E-state index contributed by atoms with van der Waals surface area (Å²) in [5.74, 6) is 3.38. The van der Waals surface area contributed by atoms with Crippen molar-refractivity contribution in [2.24, 2.45) is 5.92 Å². The number of carbonyl (C=O) groups excluding carboxylic acids is 1. The van der Waals surface area contributed by atoms with Gasteiger partial charge in [0.2, 0.25) is 17.6 Å². The van der Waals surface area contributed by atoms with E-state index in [-0.39, 0.29) is 0 Å². The van der Waals surface area contributed by atoms with Gasteiger partial charge in [0.05, 0.1) is 0 Å². The molecule has 0 aliphatic carbocycles. The topological polar surface area (TPSA) is 59.2 Å². The number of thiophene rings is 1. The van der Waals surface area contributed by atoms with Crippen LogP contribution >= 0.6 is 32.9 Å². The summed E-state index contributed by atoms with van der Waals surface area (Å²) in [6, 6.07) is 2.00. The van der Waals surface area contributed by atoms with Gasteiger partial charge in [-0.2, -0.15) is 16.3 Å². The summed E-state index contributed by atoms with van der Waals surface area (Å²) in [6.07, 6.45) is 8.44. The molecule has 2 aliphatic rings. The lowest BCUT2D eigenvalue weighted by Gasteiger charge is -2.32. The zero-order valence-corrected chi connectivity index (χ0v) is 18.5. The maximum absolute atomic E-state index is 12.6. The van der Waals surface area contributed by atoms with Gasteiger partial charge in [0.25, 0.3) is 0 Å². The van der Waals surface area contributed by atoms with Crippen molar-refractivity contribution in [2.75, 3.05) is 18.8 Å². The SMILES string of the molecule is O=C(CCCC[C@@H]1CCSS1)N1CCC[C@H](Cc2nc(-c3ccsc3)no2)C1. The third-order valence-corrected chi connectivity index (χ3v) is 9.17. The van der Waals surface area contributed by atoms with Crippen LogP contribution in [0.1, 0.15) is 50.8 Å². The van der Waals surface area contributed by atoms with Gasteiger partial charge >= 0.3 is 0 Å². The van der Waals surface area contributed by atoms with Crippen molar-refractivity contribution in [3.8, 4) is 11.4 Å². The van der Waals surface area contributed by atoms with Crippen molar-refractivity contribution in [1.82, 2.24) is 15.0 Å². The summed E-state index contributed by atoms with van der Waals surface area (Å²) >= 11 is 1.63. The van der Waals surface area contributed by atoms with Crippen molar-refractivity contribution in [1.29, 1.82) is 0 Å². The van der Waals surface area contributed by atoms with Gasteiger partial charge in [-0.15, -0.1) is 0 Å². The van der Waals surface area contributed by atoms with E-state index in [1.54, 1.807) is 11.3 Å². The summed E-state index contributed by atoms with van der Waals surface area (Å²) in [6.45, 7) is 1.72. The standard InChI is InChI=1S/C20H27N3O2S3/c24-19(6-2-1-5-17-8-11-27-28-17)23-9-3-4-15(13-23)12-18-21-20(22-25-18)16-7-10-26-14-16/h7,10,14-15,17H,1-6,8-9,11-13H2/t15-,17-/m1/s1. The molecule has 2 aromatic heterocycles. The van der Waals surface area contributed by atoms with Crippen LogP contribution in [0.4, 0.5) is 0 Å². The van der Waals surface area contributed by atoms with Crippen LogP contribution in [0.25, 0.3) is 11.4 Å². The van der Waals surface area contributed by atoms with E-state index in [1.165, 1.54) is 25.0 Å². The smallest absolute Gasteiger partial charge is 0.227 e. The molecule has 0 aromatic carbocycles. The molecular weight excluding hydrogens is 410 g/mol. The van der Waals surface area contributed by atoms with Crippen molar-refractivity contribution >= 4 is 38.8 Å². The van der Waals surface area contributed by atoms with Gasteiger partial charge in [0.15, 0.2) is 0 Å². The molecule has 2 aliphatic heterocycles. The number of unbranched alkanes of at least 4 members (excludes halogenated alkanes) is 1. The van der Waals surface area contributed by atoms with Crippen molar-refractivity contribution in [3.05, 3.63) is 22.7 Å². The molecule has 0 bridgehead atoms. The van der Waals surface area contributed by atoms with Crippen LogP contribution < -0.4 is 0 Å². The predicted molar refractivity (Wildman–Crippen MR) is 118 cm³/mol. The van der Waals surface area contributed by atoms with E-state index in [0.717, 1.165) is 49.6 Å². The lowest BCUT2D eigenvalue weighted by molar-refractivity contribution is -0.133. The number of likely N-dealkylation sites (tertiary alicyclic amines) is 1. The first-order valence-electron chi connectivity index (χ1n) is 10.2. The van der Waals surface area contributed by atoms with E-state index in [0.29, 0.717) is 30.0 Å². The normalized spacial score (nSPS) is 22.6. The quantitative estimate of drug-likeness (QED) is 0.413. The van der Waals surface area contributed by atoms with Gasteiger partial charge in [0, 0.05) is 47.9 Å². The van der Waals surface area contributed by atoms with E-state index < -0.39 is 0 Å². The molecule has 2 aromatic rings. The second-order valence-electron chi connectivity index (χ2n) is 7.65. The first-order chi connectivity index (χ1) is 13.8. The molecule has 1 amide bonds. The molecule has 8 heteroatoms. The average molecular weight is 438 g/mol. The molecule has 2 saturated heterocycles. The fraction of sp³-hybridized carbons (Fsp3) is 0.650. The Bertz CT molecular complexity index is 744. The Morgan fingerprint density at radius 2 is 2.29 bits per heavy atom. The van der Waals surface area contributed by atoms with Gasteiger partial charge in [0.1, 0.15) is 0 Å². The number of hydrogen-bond acceptors (Lipinski definition) is 7. The Hall–Kier alpha value is -0.990. The first kappa shape index (κ1) is 20.3. The largest absolute Gasteiger partial charge is 0.342 e. The summed E-state index contributed by atoms with van der Waals surface area (Å²) in [4.78, 5) is 19.2. The molecule has 4 heterocycles.